The maximum Gasteiger partial charge on any atom is 0.434 e. The molecule has 0 aliphatic heterocycles. The summed E-state index contributed by atoms with van der Waals surface area (Å²) in [6.45, 7) is 0.621. The van der Waals surface area contributed by atoms with Crippen LogP contribution < -0.4 is 11.1 Å². The summed E-state index contributed by atoms with van der Waals surface area (Å²) < 4.78 is 37.2. The zero-order valence-corrected chi connectivity index (χ0v) is 12.3. The molecule has 0 atom stereocenters. The van der Waals surface area contributed by atoms with E-state index in [2.05, 4.69) is 10.3 Å². The van der Waals surface area contributed by atoms with Gasteiger partial charge < -0.3 is 11.1 Å². The van der Waals surface area contributed by atoms with Gasteiger partial charge in [0.05, 0.1) is 5.01 Å². The van der Waals surface area contributed by atoms with E-state index in [1.807, 2.05) is 0 Å². The second-order valence-corrected chi connectivity index (χ2v) is 5.47. The summed E-state index contributed by atoms with van der Waals surface area (Å²) in [4.78, 5) is 15.4. The van der Waals surface area contributed by atoms with Gasteiger partial charge in [-0.05, 0) is 17.7 Å². The summed E-state index contributed by atoms with van der Waals surface area (Å²) >= 11 is 0.933. The Morgan fingerprint density at radius 2 is 1.95 bits per heavy atom. The van der Waals surface area contributed by atoms with E-state index in [9.17, 15) is 18.0 Å². The normalized spacial score (nSPS) is 11.5. The Bertz CT molecular complexity index is 638. The second-order valence-electron chi connectivity index (χ2n) is 4.53. The average Bonchev–Trinajstić information content (AvgIpc) is 2.96. The summed E-state index contributed by atoms with van der Waals surface area (Å²) in [5.41, 5.74) is 5.97. The summed E-state index contributed by atoms with van der Waals surface area (Å²) in [6, 6.07) is 6.82. The molecule has 0 bridgehead atoms. The Kier molecular flexibility index (Phi) is 5.15. The number of thiazole rings is 1. The predicted octanol–water partition coefficient (Wildman–Crippen LogP) is 2.59. The molecule has 0 saturated carbocycles. The van der Waals surface area contributed by atoms with Crippen molar-refractivity contribution in [2.75, 3.05) is 6.54 Å². The Hall–Kier alpha value is -1.93. The molecule has 0 radical (unpaired) electrons. The van der Waals surface area contributed by atoms with Crippen molar-refractivity contribution in [2.24, 2.45) is 5.73 Å². The SMILES string of the molecule is NCc1ccc(C(=O)NCCc2nc(C(F)(F)F)cs2)cc1. The van der Waals surface area contributed by atoms with Crippen LogP contribution in [0.25, 0.3) is 0 Å². The molecule has 0 fully saturated rings. The predicted molar refractivity (Wildman–Crippen MR) is 77.5 cm³/mol. The molecule has 0 unspecified atom stereocenters. The first-order valence-electron chi connectivity index (χ1n) is 6.49. The number of aromatic nitrogens is 1. The van der Waals surface area contributed by atoms with Crippen molar-refractivity contribution in [3.05, 3.63) is 51.5 Å². The van der Waals surface area contributed by atoms with Gasteiger partial charge in [0.25, 0.3) is 5.91 Å². The fourth-order valence-corrected chi connectivity index (χ4v) is 2.54. The van der Waals surface area contributed by atoms with Crippen LogP contribution in [0.3, 0.4) is 0 Å². The first kappa shape index (κ1) is 16.4. The van der Waals surface area contributed by atoms with Crippen LogP contribution in [0.4, 0.5) is 13.2 Å². The molecule has 4 nitrogen and oxygen atoms in total. The van der Waals surface area contributed by atoms with Crippen LogP contribution in [0.2, 0.25) is 0 Å². The maximum absolute atomic E-state index is 12.4. The van der Waals surface area contributed by atoms with Gasteiger partial charge in [-0.2, -0.15) is 13.2 Å². The van der Waals surface area contributed by atoms with Gasteiger partial charge in [-0.15, -0.1) is 11.3 Å². The molecule has 0 aliphatic rings. The number of nitrogens with zero attached hydrogens (tertiary/aromatic N) is 1. The van der Waals surface area contributed by atoms with Gasteiger partial charge in [-0.3, -0.25) is 4.79 Å². The van der Waals surface area contributed by atoms with E-state index in [0.29, 0.717) is 17.1 Å². The van der Waals surface area contributed by atoms with Crippen molar-refractivity contribution >= 4 is 17.2 Å². The van der Waals surface area contributed by atoms with Crippen molar-refractivity contribution in [1.29, 1.82) is 0 Å². The number of alkyl halides is 3. The van der Waals surface area contributed by atoms with Crippen LogP contribution in [0, 0.1) is 0 Å². The van der Waals surface area contributed by atoms with E-state index >= 15 is 0 Å². The van der Waals surface area contributed by atoms with Gasteiger partial charge >= 0.3 is 6.18 Å². The lowest BCUT2D eigenvalue weighted by Crippen LogP contribution is -2.25. The molecule has 0 aliphatic carbocycles. The third kappa shape index (κ3) is 4.28. The summed E-state index contributed by atoms with van der Waals surface area (Å²) in [5, 5.41) is 3.96. The van der Waals surface area contributed by atoms with E-state index in [4.69, 9.17) is 5.73 Å². The number of hydrogen-bond donors (Lipinski definition) is 2. The minimum atomic E-state index is -4.43. The molecular weight excluding hydrogens is 315 g/mol. The molecule has 118 valence electrons. The molecule has 2 rings (SSSR count). The summed E-state index contributed by atoms with van der Waals surface area (Å²) in [7, 11) is 0. The average molecular weight is 329 g/mol. The molecule has 1 heterocycles. The van der Waals surface area contributed by atoms with Crippen molar-refractivity contribution in [3.8, 4) is 0 Å². The quantitative estimate of drug-likeness (QED) is 0.886. The van der Waals surface area contributed by atoms with Crippen molar-refractivity contribution < 1.29 is 18.0 Å². The number of nitrogens with one attached hydrogen (secondary N) is 1. The standard InChI is InChI=1S/C14H14F3N3OS/c15-14(16,17)11-8-22-12(20-11)5-6-19-13(21)10-3-1-9(7-18)2-4-10/h1-4,8H,5-7,18H2,(H,19,21). The van der Waals surface area contributed by atoms with E-state index in [1.54, 1.807) is 24.3 Å². The number of halogens is 3. The van der Waals surface area contributed by atoms with E-state index < -0.39 is 11.9 Å². The molecule has 0 saturated heterocycles. The molecule has 8 heteroatoms. The number of amides is 1. The third-order valence-electron chi connectivity index (χ3n) is 2.92. The lowest BCUT2D eigenvalue weighted by atomic mass is 10.1. The summed E-state index contributed by atoms with van der Waals surface area (Å²) in [5.74, 6) is -0.281. The van der Waals surface area contributed by atoms with Gasteiger partial charge in [-0.1, -0.05) is 12.1 Å². The zero-order valence-electron chi connectivity index (χ0n) is 11.5. The fraction of sp³-hybridized carbons (Fsp3) is 0.286. The maximum atomic E-state index is 12.4. The molecule has 1 amide bonds. The number of hydrogen-bond acceptors (Lipinski definition) is 4. The molecular formula is C14H14F3N3OS. The number of carbonyl (C=O) groups is 1. The topological polar surface area (TPSA) is 68.0 Å². The first-order valence-corrected chi connectivity index (χ1v) is 7.37. The lowest BCUT2D eigenvalue weighted by Gasteiger charge is -2.05. The lowest BCUT2D eigenvalue weighted by molar-refractivity contribution is -0.140. The molecule has 22 heavy (non-hydrogen) atoms. The third-order valence-corrected chi connectivity index (χ3v) is 3.83. The zero-order chi connectivity index (χ0) is 16.2. The first-order chi connectivity index (χ1) is 10.4. The highest BCUT2D eigenvalue weighted by molar-refractivity contribution is 7.09. The Labute approximate surface area is 129 Å². The molecule has 3 N–H and O–H groups in total. The van der Waals surface area contributed by atoms with Crippen LogP contribution in [-0.2, 0) is 19.1 Å². The highest BCUT2D eigenvalue weighted by Gasteiger charge is 2.33. The molecule has 0 spiro atoms. The number of rotatable bonds is 5. The van der Waals surface area contributed by atoms with Gasteiger partial charge in [0.2, 0.25) is 0 Å². The van der Waals surface area contributed by atoms with Crippen molar-refractivity contribution in [3.63, 3.8) is 0 Å². The minimum Gasteiger partial charge on any atom is -0.352 e. The van der Waals surface area contributed by atoms with Gasteiger partial charge in [0.15, 0.2) is 5.69 Å². The number of nitrogens with two attached hydrogens (primary N) is 1. The van der Waals surface area contributed by atoms with Crippen molar-refractivity contribution in [1.82, 2.24) is 10.3 Å². The van der Waals surface area contributed by atoms with Crippen LogP contribution in [0.15, 0.2) is 29.6 Å². The van der Waals surface area contributed by atoms with Crippen LogP contribution >= 0.6 is 11.3 Å². The van der Waals surface area contributed by atoms with E-state index in [-0.39, 0.29) is 18.9 Å². The highest BCUT2D eigenvalue weighted by Crippen LogP contribution is 2.29. The Balaban J connectivity index is 1.85. The van der Waals surface area contributed by atoms with Crippen molar-refractivity contribution in [2.45, 2.75) is 19.1 Å². The highest BCUT2D eigenvalue weighted by atomic mass is 32.1. The van der Waals surface area contributed by atoms with Crippen LogP contribution in [0.1, 0.15) is 26.6 Å². The van der Waals surface area contributed by atoms with Gasteiger partial charge in [-0.25, -0.2) is 4.98 Å². The van der Waals surface area contributed by atoms with Crippen LogP contribution in [-0.4, -0.2) is 17.4 Å². The second kappa shape index (κ2) is 6.89. The molecule has 1 aromatic heterocycles. The largest absolute Gasteiger partial charge is 0.434 e. The smallest absolute Gasteiger partial charge is 0.352 e. The Morgan fingerprint density at radius 3 is 2.50 bits per heavy atom. The minimum absolute atomic E-state index is 0.224. The molecule has 1 aromatic carbocycles. The monoisotopic (exact) mass is 329 g/mol. The Morgan fingerprint density at radius 1 is 1.27 bits per heavy atom. The summed E-state index contributed by atoms with van der Waals surface area (Å²) in [6.07, 6.45) is -4.17. The number of carbonyl (C=O) groups excluding carboxylic acids is 1. The fourth-order valence-electron chi connectivity index (χ4n) is 1.73. The van der Waals surface area contributed by atoms with E-state index in [1.165, 1.54) is 0 Å². The molecule has 2 aromatic rings. The van der Waals surface area contributed by atoms with Gasteiger partial charge in [0.1, 0.15) is 0 Å². The van der Waals surface area contributed by atoms with Gasteiger partial charge in [0, 0.05) is 30.5 Å². The van der Waals surface area contributed by atoms with E-state index in [0.717, 1.165) is 22.3 Å². The van der Waals surface area contributed by atoms with Crippen LogP contribution in [0.5, 0.6) is 0 Å². The number of benzene rings is 1.